The van der Waals surface area contributed by atoms with Gasteiger partial charge in [-0.05, 0) is 58.7 Å². The number of guanidine groups is 1. The number of nitrogens with two attached hydrogens (primary N) is 2. The number of aliphatic carboxylic acids is 1. The van der Waals surface area contributed by atoms with Crippen molar-refractivity contribution in [2.24, 2.45) is 16.5 Å². The van der Waals surface area contributed by atoms with E-state index in [9.17, 15) is 23.1 Å². The van der Waals surface area contributed by atoms with E-state index in [-0.39, 0.29) is 40.1 Å². The highest BCUT2D eigenvalue weighted by Gasteiger charge is 2.30. The molecule has 1 amide bonds. The van der Waals surface area contributed by atoms with Crippen LogP contribution in [0.3, 0.4) is 0 Å². The first-order chi connectivity index (χ1) is 22.1. The molecule has 0 aliphatic carbocycles. The number of fused-ring (bicyclic) bond motifs is 1. The number of aliphatic imine (C=N–C) groups is 1. The lowest BCUT2D eigenvalue weighted by molar-refractivity contribution is -0.139. The normalized spacial score (nSPS) is 13.0. The minimum atomic E-state index is -4.25. The first-order valence-corrected chi connectivity index (χ1v) is 16.7. The minimum Gasteiger partial charge on any atom is -0.492 e. The molecule has 2 aromatic heterocycles. The first kappa shape index (κ1) is 32.5. The van der Waals surface area contributed by atoms with Crippen LogP contribution in [-0.4, -0.2) is 60.5 Å². The number of ether oxygens (including phenoxy) is 1. The van der Waals surface area contributed by atoms with Gasteiger partial charge < -0.3 is 36.9 Å². The number of aromatic nitrogens is 2. The molecule has 16 heteroatoms. The molecule has 1 aliphatic heterocycles. The lowest BCUT2D eigenvalue weighted by atomic mass is 9.97. The number of thiophene rings is 1. The third-order valence-corrected chi connectivity index (χ3v) is 9.50. The van der Waals surface area contributed by atoms with Gasteiger partial charge in [0, 0.05) is 37.9 Å². The molecule has 1 aliphatic rings. The van der Waals surface area contributed by atoms with E-state index < -0.39 is 27.9 Å². The average molecular weight is 667 g/mol. The summed E-state index contributed by atoms with van der Waals surface area (Å²) in [4.78, 5) is 35.8. The molecule has 0 saturated heterocycles. The maximum atomic E-state index is 13.9. The van der Waals surface area contributed by atoms with Crippen molar-refractivity contribution in [1.82, 2.24) is 20.6 Å². The summed E-state index contributed by atoms with van der Waals surface area (Å²) < 4.78 is 36.1. The number of amides is 1. The minimum absolute atomic E-state index is 0.0152. The molecule has 0 bridgehead atoms. The Kier molecular flexibility index (Phi) is 10.2. The molecule has 5 rings (SSSR count). The van der Waals surface area contributed by atoms with Crippen LogP contribution >= 0.6 is 11.3 Å². The lowest BCUT2D eigenvalue weighted by Crippen LogP contribution is -2.40. The number of rotatable bonds is 15. The average Bonchev–Trinajstić information content (AvgIpc) is 3.80. The van der Waals surface area contributed by atoms with E-state index in [4.69, 9.17) is 16.2 Å². The molecule has 0 unspecified atom stereocenters. The van der Waals surface area contributed by atoms with Gasteiger partial charge in [-0.15, -0.1) is 11.3 Å². The number of carbonyl (C=O) groups is 2. The molecular weight excluding hydrogens is 633 g/mol. The summed E-state index contributed by atoms with van der Waals surface area (Å²) in [5, 5.41) is 17.0. The SMILES string of the molecule is NC(N)=NCCC[C@H](NC(=O)c1sccc1NS(=O)(=O)c1cc(-c2ccccc2CNCc2cnc[nH]2)cc2c1OCC2)C(=O)O. The fourth-order valence-corrected chi connectivity index (χ4v) is 7.15. The van der Waals surface area contributed by atoms with E-state index in [0.29, 0.717) is 38.1 Å². The molecule has 4 aromatic rings. The molecule has 14 nitrogen and oxygen atoms in total. The second kappa shape index (κ2) is 14.4. The Bertz CT molecular complexity index is 1840. The number of carboxylic acid groups (broad SMARTS) is 1. The fourth-order valence-electron chi connectivity index (χ4n) is 5.05. The molecule has 3 heterocycles. The van der Waals surface area contributed by atoms with Crippen LogP contribution in [0.25, 0.3) is 11.1 Å². The number of aromatic amines is 1. The third kappa shape index (κ3) is 7.82. The number of sulfonamides is 1. The number of benzene rings is 2. The van der Waals surface area contributed by atoms with Crippen LogP contribution in [0.1, 0.15) is 39.3 Å². The highest BCUT2D eigenvalue weighted by molar-refractivity contribution is 7.92. The molecule has 46 heavy (non-hydrogen) atoms. The smallest absolute Gasteiger partial charge is 0.326 e. The number of nitrogens with one attached hydrogen (secondary N) is 4. The maximum absolute atomic E-state index is 13.9. The topological polar surface area (TPSA) is 227 Å². The molecule has 2 aromatic carbocycles. The summed E-state index contributed by atoms with van der Waals surface area (Å²) in [6.45, 7) is 1.64. The summed E-state index contributed by atoms with van der Waals surface area (Å²) in [7, 11) is -4.25. The Labute approximate surface area is 269 Å². The monoisotopic (exact) mass is 666 g/mol. The number of imidazole rings is 1. The van der Waals surface area contributed by atoms with Gasteiger partial charge in [-0.3, -0.25) is 14.5 Å². The lowest BCUT2D eigenvalue weighted by Gasteiger charge is -2.17. The zero-order chi connectivity index (χ0) is 32.7. The molecule has 1 atom stereocenters. The largest absolute Gasteiger partial charge is 0.492 e. The quantitative estimate of drug-likeness (QED) is 0.0557. The van der Waals surface area contributed by atoms with Crippen molar-refractivity contribution in [2.75, 3.05) is 17.9 Å². The van der Waals surface area contributed by atoms with Crippen molar-refractivity contribution in [1.29, 1.82) is 0 Å². The van der Waals surface area contributed by atoms with E-state index in [0.717, 1.165) is 33.7 Å². The van der Waals surface area contributed by atoms with Crippen LogP contribution in [0.15, 0.2) is 70.3 Å². The van der Waals surface area contributed by atoms with E-state index in [1.54, 1.807) is 24.0 Å². The maximum Gasteiger partial charge on any atom is 0.326 e. The van der Waals surface area contributed by atoms with Gasteiger partial charge in [0.05, 0.1) is 18.6 Å². The van der Waals surface area contributed by atoms with Gasteiger partial charge >= 0.3 is 5.97 Å². The second-order valence-electron chi connectivity index (χ2n) is 10.5. The molecule has 0 spiro atoms. The number of nitrogens with zero attached hydrogens (tertiary/aromatic N) is 2. The van der Waals surface area contributed by atoms with Gasteiger partial charge in [0.1, 0.15) is 21.6 Å². The number of carbonyl (C=O) groups excluding carboxylic acids is 1. The van der Waals surface area contributed by atoms with Gasteiger partial charge in [0.2, 0.25) is 0 Å². The number of H-pyrrole nitrogens is 1. The van der Waals surface area contributed by atoms with Gasteiger partial charge in [0.25, 0.3) is 15.9 Å². The molecular formula is C30H34N8O6S2. The number of anilines is 1. The summed E-state index contributed by atoms with van der Waals surface area (Å²) in [6.07, 6.45) is 4.28. The summed E-state index contributed by atoms with van der Waals surface area (Å²) in [5.74, 6) is -1.82. The predicted octanol–water partition coefficient (Wildman–Crippen LogP) is 2.40. The van der Waals surface area contributed by atoms with Crippen LogP contribution in [-0.2, 0) is 34.3 Å². The van der Waals surface area contributed by atoms with Crippen LogP contribution < -0.4 is 31.6 Å². The Morgan fingerprint density at radius 3 is 2.76 bits per heavy atom. The summed E-state index contributed by atoms with van der Waals surface area (Å²) >= 11 is 0.982. The van der Waals surface area contributed by atoms with Crippen LogP contribution in [0.4, 0.5) is 5.69 Å². The van der Waals surface area contributed by atoms with E-state index in [1.165, 1.54) is 6.07 Å². The van der Waals surface area contributed by atoms with E-state index >= 15 is 0 Å². The van der Waals surface area contributed by atoms with Gasteiger partial charge in [-0.1, -0.05) is 24.3 Å². The van der Waals surface area contributed by atoms with Crippen LogP contribution in [0, 0.1) is 0 Å². The van der Waals surface area contributed by atoms with Crippen molar-refractivity contribution >= 4 is 44.9 Å². The molecule has 0 saturated carbocycles. The standard InChI is InChI=1S/C30H34N8O6S2/c31-30(32)35-9-3-6-24(29(40)41)37-28(39)27-23(8-11-45-27)38-46(42,43)25-13-20(12-18-7-10-44-26(18)25)22-5-2-1-4-19(22)14-33-15-21-16-34-17-36-21/h1-2,4-5,8,11-13,16-17,24,33,38H,3,6-7,9-10,14-15H2,(H,34,36)(H,37,39)(H,40,41)(H4,31,32,35)/t24-/m0/s1. The second-order valence-corrected chi connectivity index (χ2v) is 13.0. The Morgan fingerprint density at radius 2 is 2.00 bits per heavy atom. The van der Waals surface area contributed by atoms with E-state index in [1.807, 2.05) is 30.3 Å². The van der Waals surface area contributed by atoms with E-state index in [2.05, 4.69) is 30.3 Å². The number of hydrogen-bond acceptors (Lipinski definition) is 9. The zero-order valence-corrected chi connectivity index (χ0v) is 26.3. The van der Waals surface area contributed by atoms with Crippen LogP contribution in [0.2, 0.25) is 0 Å². The molecule has 9 N–H and O–H groups in total. The number of carboxylic acids is 1. The van der Waals surface area contributed by atoms with Crippen molar-refractivity contribution in [2.45, 2.75) is 43.3 Å². The Balaban J connectivity index is 1.37. The van der Waals surface area contributed by atoms with Gasteiger partial charge in [-0.2, -0.15) is 0 Å². The molecule has 242 valence electrons. The predicted molar refractivity (Wildman–Crippen MR) is 174 cm³/mol. The number of hydrogen-bond donors (Lipinski definition) is 7. The highest BCUT2D eigenvalue weighted by atomic mass is 32.2. The molecule has 0 radical (unpaired) electrons. The molecule has 0 fully saturated rings. The highest BCUT2D eigenvalue weighted by Crippen LogP contribution is 2.39. The van der Waals surface area contributed by atoms with Crippen molar-refractivity contribution in [3.05, 3.63) is 82.1 Å². The zero-order valence-electron chi connectivity index (χ0n) is 24.7. The van der Waals surface area contributed by atoms with Crippen molar-refractivity contribution < 1.29 is 27.9 Å². The summed E-state index contributed by atoms with van der Waals surface area (Å²) in [5.41, 5.74) is 14.9. The fraction of sp³-hybridized carbons (Fsp3) is 0.267. The Hall–Kier alpha value is -4.93. The third-order valence-electron chi connectivity index (χ3n) is 7.22. The summed E-state index contributed by atoms with van der Waals surface area (Å²) in [6, 6.07) is 11.5. The first-order valence-electron chi connectivity index (χ1n) is 14.4. The van der Waals surface area contributed by atoms with Crippen molar-refractivity contribution in [3.63, 3.8) is 0 Å². The van der Waals surface area contributed by atoms with Crippen molar-refractivity contribution in [3.8, 4) is 16.9 Å². The van der Waals surface area contributed by atoms with Gasteiger partial charge in [-0.25, -0.2) is 18.2 Å². The van der Waals surface area contributed by atoms with Gasteiger partial charge in [0.15, 0.2) is 5.96 Å². The van der Waals surface area contributed by atoms with Crippen LogP contribution in [0.5, 0.6) is 5.75 Å². The Morgan fingerprint density at radius 1 is 1.17 bits per heavy atom.